The Kier molecular flexibility index (Phi) is 4.39. The van der Waals surface area contributed by atoms with E-state index in [-0.39, 0.29) is 0 Å². The van der Waals surface area contributed by atoms with Gasteiger partial charge in [-0.3, -0.25) is 0 Å². The van der Waals surface area contributed by atoms with E-state index in [1.54, 1.807) is 17.4 Å². The maximum atomic E-state index is 6.13. The summed E-state index contributed by atoms with van der Waals surface area (Å²) in [6.07, 6.45) is 0.936. The van der Waals surface area contributed by atoms with Gasteiger partial charge in [0.2, 0.25) is 0 Å². The highest BCUT2D eigenvalue weighted by Crippen LogP contribution is 2.28. The first kappa shape index (κ1) is 14.2. The second-order valence-corrected chi connectivity index (χ2v) is 6.11. The average molecular weight is 312 g/mol. The van der Waals surface area contributed by atoms with Crippen LogP contribution in [0.2, 0.25) is 5.02 Å². The highest BCUT2D eigenvalue weighted by molar-refractivity contribution is 7.80. The van der Waals surface area contributed by atoms with Crippen molar-refractivity contribution in [3.05, 3.63) is 39.4 Å². The van der Waals surface area contributed by atoms with Crippen LogP contribution in [0.4, 0.5) is 10.8 Å². The van der Waals surface area contributed by atoms with Crippen molar-refractivity contribution in [1.29, 1.82) is 0 Å². The van der Waals surface area contributed by atoms with Gasteiger partial charge in [-0.15, -0.1) is 11.3 Å². The third-order valence-electron chi connectivity index (χ3n) is 2.71. The minimum Gasteiger partial charge on any atom is -0.389 e. The summed E-state index contributed by atoms with van der Waals surface area (Å²) in [5.74, 6) is 0. The Balaban J connectivity index is 2.23. The van der Waals surface area contributed by atoms with Crippen molar-refractivity contribution in [2.24, 2.45) is 5.73 Å². The quantitative estimate of drug-likeness (QED) is 0.837. The fraction of sp³-hybridized carbons (Fsp3) is 0.231. The first-order chi connectivity index (χ1) is 9.01. The molecule has 0 bridgehead atoms. The molecule has 0 aliphatic heterocycles. The van der Waals surface area contributed by atoms with E-state index in [0.29, 0.717) is 15.6 Å². The third-order valence-corrected chi connectivity index (χ3v) is 4.17. The summed E-state index contributed by atoms with van der Waals surface area (Å²) in [6, 6.07) is 5.51. The summed E-state index contributed by atoms with van der Waals surface area (Å²) in [7, 11) is 0. The molecule has 0 saturated heterocycles. The molecule has 0 fully saturated rings. The minimum atomic E-state index is 0.301. The van der Waals surface area contributed by atoms with Crippen LogP contribution in [0.25, 0.3) is 0 Å². The highest BCUT2D eigenvalue weighted by atomic mass is 35.5. The number of nitrogens with zero attached hydrogens (tertiary/aromatic N) is 1. The molecule has 2 aromatic rings. The minimum absolute atomic E-state index is 0.301. The molecule has 2 rings (SSSR count). The van der Waals surface area contributed by atoms with E-state index >= 15 is 0 Å². The molecule has 1 aromatic carbocycles. The second-order valence-electron chi connectivity index (χ2n) is 4.06. The number of thiazole rings is 1. The molecule has 0 amide bonds. The fourth-order valence-corrected chi connectivity index (χ4v) is 3.16. The number of anilines is 2. The number of rotatable bonds is 4. The number of aryl methyl sites for hydroxylation is 2. The molecule has 1 heterocycles. The first-order valence-electron chi connectivity index (χ1n) is 5.84. The lowest BCUT2D eigenvalue weighted by molar-refractivity contribution is 1.05. The maximum Gasteiger partial charge on any atom is 0.187 e. The molecule has 1 aromatic heterocycles. The number of benzene rings is 1. The van der Waals surface area contributed by atoms with Crippen molar-refractivity contribution >= 4 is 51.0 Å². The Morgan fingerprint density at radius 3 is 2.79 bits per heavy atom. The Morgan fingerprint density at radius 2 is 2.26 bits per heavy atom. The number of aromatic nitrogens is 1. The molecule has 0 saturated carbocycles. The number of hydrogen-bond donors (Lipinski definition) is 2. The molecular weight excluding hydrogens is 298 g/mol. The zero-order chi connectivity index (χ0) is 14.0. The van der Waals surface area contributed by atoms with E-state index in [0.717, 1.165) is 22.9 Å². The zero-order valence-corrected chi connectivity index (χ0v) is 13.0. The topological polar surface area (TPSA) is 50.9 Å². The van der Waals surface area contributed by atoms with Crippen LogP contribution in [0.15, 0.2) is 18.2 Å². The summed E-state index contributed by atoms with van der Waals surface area (Å²) in [6.45, 7) is 4.17. The summed E-state index contributed by atoms with van der Waals surface area (Å²) in [4.78, 5) is 6.06. The lowest BCUT2D eigenvalue weighted by Gasteiger charge is -2.06. The van der Waals surface area contributed by atoms with E-state index in [9.17, 15) is 0 Å². The monoisotopic (exact) mass is 311 g/mol. The first-order valence-corrected chi connectivity index (χ1v) is 7.44. The second kappa shape index (κ2) is 5.86. The molecule has 100 valence electrons. The molecule has 3 nitrogen and oxygen atoms in total. The molecule has 0 unspecified atom stereocenters. The Labute approximate surface area is 126 Å². The largest absolute Gasteiger partial charge is 0.389 e. The van der Waals surface area contributed by atoms with Gasteiger partial charge < -0.3 is 11.1 Å². The number of hydrogen-bond acceptors (Lipinski definition) is 4. The molecule has 19 heavy (non-hydrogen) atoms. The predicted molar refractivity (Wildman–Crippen MR) is 86.9 cm³/mol. The van der Waals surface area contributed by atoms with Gasteiger partial charge in [-0.05, 0) is 31.5 Å². The molecule has 0 spiro atoms. The van der Waals surface area contributed by atoms with Crippen molar-refractivity contribution < 1.29 is 0 Å². The maximum absolute atomic E-state index is 6.13. The van der Waals surface area contributed by atoms with Crippen molar-refractivity contribution in [3.63, 3.8) is 0 Å². The van der Waals surface area contributed by atoms with E-state index in [2.05, 4.69) is 24.1 Å². The molecule has 0 aliphatic rings. The zero-order valence-electron chi connectivity index (χ0n) is 10.7. The van der Waals surface area contributed by atoms with Gasteiger partial charge in [-0.1, -0.05) is 30.7 Å². The Bertz CT molecular complexity index is 622. The van der Waals surface area contributed by atoms with E-state index in [1.165, 1.54) is 4.88 Å². The number of thiocarbonyl (C=S) groups is 1. The standard InChI is InChI=1S/C13H14ClN3S2/c1-3-11-7(2)19-13(17-11)16-8-4-5-9(12(15)18)10(14)6-8/h4-6H,3H2,1-2H3,(H2,15,18)(H,16,17). The van der Waals surface area contributed by atoms with Crippen molar-refractivity contribution in [3.8, 4) is 0 Å². The molecule has 6 heteroatoms. The fourth-order valence-electron chi connectivity index (χ4n) is 1.73. The van der Waals surface area contributed by atoms with Crippen molar-refractivity contribution in [1.82, 2.24) is 4.98 Å². The molecule has 3 N–H and O–H groups in total. The summed E-state index contributed by atoms with van der Waals surface area (Å²) in [5, 5.41) is 4.66. The lowest BCUT2D eigenvalue weighted by Crippen LogP contribution is -2.09. The van der Waals surface area contributed by atoms with Gasteiger partial charge in [0.15, 0.2) is 5.13 Å². The number of nitrogens with two attached hydrogens (primary N) is 1. The van der Waals surface area contributed by atoms with E-state index in [1.807, 2.05) is 12.1 Å². The third kappa shape index (κ3) is 3.23. The van der Waals surface area contributed by atoms with Gasteiger partial charge in [0.1, 0.15) is 4.99 Å². The molecule has 0 aliphatic carbocycles. The van der Waals surface area contributed by atoms with Gasteiger partial charge in [0.25, 0.3) is 0 Å². The van der Waals surface area contributed by atoms with Crippen LogP contribution in [0.3, 0.4) is 0 Å². The van der Waals surface area contributed by atoms with E-state index in [4.69, 9.17) is 29.6 Å². The smallest absolute Gasteiger partial charge is 0.187 e. The molecule has 0 radical (unpaired) electrons. The van der Waals surface area contributed by atoms with Crippen LogP contribution in [-0.2, 0) is 6.42 Å². The van der Waals surface area contributed by atoms with E-state index < -0.39 is 0 Å². The summed E-state index contributed by atoms with van der Waals surface area (Å²) >= 11 is 12.7. The summed E-state index contributed by atoms with van der Waals surface area (Å²) < 4.78 is 0. The van der Waals surface area contributed by atoms with Crippen LogP contribution in [-0.4, -0.2) is 9.97 Å². The van der Waals surface area contributed by atoms with Crippen LogP contribution < -0.4 is 11.1 Å². The van der Waals surface area contributed by atoms with Crippen LogP contribution in [0.1, 0.15) is 23.1 Å². The highest BCUT2D eigenvalue weighted by Gasteiger charge is 2.08. The van der Waals surface area contributed by atoms with Gasteiger partial charge in [-0.25, -0.2) is 4.98 Å². The molecular formula is C13H14ClN3S2. The number of nitrogens with one attached hydrogen (secondary N) is 1. The van der Waals surface area contributed by atoms with Crippen LogP contribution in [0.5, 0.6) is 0 Å². The van der Waals surface area contributed by atoms with Crippen molar-refractivity contribution in [2.45, 2.75) is 20.3 Å². The van der Waals surface area contributed by atoms with Gasteiger partial charge >= 0.3 is 0 Å². The molecule has 0 atom stereocenters. The van der Waals surface area contributed by atoms with Gasteiger partial charge in [0, 0.05) is 16.1 Å². The van der Waals surface area contributed by atoms with Gasteiger partial charge in [0.05, 0.1) is 10.7 Å². The van der Waals surface area contributed by atoms with Crippen LogP contribution >= 0.6 is 35.2 Å². The predicted octanol–water partition coefficient (Wildman–Crippen LogP) is 4.05. The Morgan fingerprint density at radius 1 is 1.53 bits per heavy atom. The normalized spacial score (nSPS) is 10.5. The van der Waals surface area contributed by atoms with Gasteiger partial charge in [-0.2, -0.15) is 0 Å². The Hall–Kier alpha value is -1.17. The lowest BCUT2D eigenvalue weighted by atomic mass is 10.2. The van der Waals surface area contributed by atoms with Crippen molar-refractivity contribution in [2.75, 3.05) is 5.32 Å². The SMILES string of the molecule is CCc1nc(Nc2ccc(C(N)=S)c(Cl)c2)sc1C. The average Bonchev–Trinajstić information content (AvgIpc) is 2.69. The van der Waals surface area contributed by atoms with Crippen LogP contribution in [0, 0.1) is 6.92 Å². The summed E-state index contributed by atoms with van der Waals surface area (Å²) in [5.41, 5.74) is 8.26. The number of halogens is 1.